The summed E-state index contributed by atoms with van der Waals surface area (Å²) >= 11 is 0. The van der Waals surface area contributed by atoms with Crippen molar-refractivity contribution in [3.05, 3.63) is 40.3 Å². The highest BCUT2D eigenvalue weighted by Gasteiger charge is 2.16. The maximum absolute atomic E-state index is 12.4. The molecule has 0 saturated heterocycles. The fraction of sp³-hybridized carbons (Fsp3) is 0.375. The van der Waals surface area contributed by atoms with Gasteiger partial charge in [-0.15, -0.1) is 0 Å². The van der Waals surface area contributed by atoms with E-state index in [0.29, 0.717) is 17.3 Å². The SMILES string of the molecule is CCCCn1nc(C(=O)NCCC(=O)O)c2ccccc2c1=O. The minimum Gasteiger partial charge on any atom is -0.481 e. The Kier molecular flexibility index (Phi) is 5.46. The quantitative estimate of drug-likeness (QED) is 0.804. The van der Waals surface area contributed by atoms with Gasteiger partial charge in [0.15, 0.2) is 5.69 Å². The van der Waals surface area contributed by atoms with E-state index in [0.717, 1.165) is 12.8 Å². The number of aryl methyl sites for hydroxylation is 1. The Morgan fingerprint density at radius 3 is 2.61 bits per heavy atom. The van der Waals surface area contributed by atoms with E-state index < -0.39 is 11.9 Å². The van der Waals surface area contributed by atoms with Gasteiger partial charge in [-0.2, -0.15) is 5.10 Å². The fourth-order valence-electron chi connectivity index (χ4n) is 2.23. The van der Waals surface area contributed by atoms with Gasteiger partial charge in [-0.05, 0) is 12.5 Å². The zero-order valence-electron chi connectivity index (χ0n) is 12.9. The highest BCUT2D eigenvalue weighted by Crippen LogP contribution is 2.13. The summed E-state index contributed by atoms with van der Waals surface area (Å²) < 4.78 is 1.30. The summed E-state index contributed by atoms with van der Waals surface area (Å²) in [6.45, 7) is 2.46. The van der Waals surface area contributed by atoms with E-state index in [-0.39, 0.29) is 24.2 Å². The zero-order chi connectivity index (χ0) is 16.8. The lowest BCUT2D eigenvalue weighted by Gasteiger charge is -2.10. The molecule has 1 amide bonds. The third-order valence-electron chi connectivity index (χ3n) is 3.43. The second-order valence-corrected chi connectivity index (χ2v) is 5.18. The second-order valence-electron chi connectivity index (χ2n) is 5.18. The van der Waals surface area contributed by atoms with Gasteiger partial charge in [0.2, 0.25) is 0 Å². The molecule has 0 saturated carbocycles. The van der Waals surface area contributed by atoms with Gasteiger partial charge >= 0.3 is 5.97 Å². The average molecular weight is 317 g/mol. The topological polar surface area (TPSA) is 101 Å². The molecule has 7 heteroatoms. The molecule has 1 heterocycles. The normalized spacial score (nSPS) is 10.7. The first-order chi connectivity index (χ1) is 11.0. The number of hydrogen-bond acceptors (Lipinski definition) is 4. The number of nitrogens with zero attached hydrogens (tertiary/aromatic N) is 2. The third-order valence-corrected chi connectivity index (χ3v) is 3.43. The molecule has 1 aromatic heterocycles. The van der Waals surface area contributed by atoms with Crippen LogP contribution >= 0.6 is 0 Å². The number of nitrogens with one attached hydrogen (secondary N) is 1. The molecule has 23 heavy (non-hydrogen) atoms. The molecule has 7 nitrogen and oxygen atoms in total. The first-order valence-electron chi connectivity index (χ1n) is 7.54. The van der Waals surface area contributed by atoms with E-state index in [1.165, 1.54) is 4.68 Å². The Morgan fingerprint density at radius 1 is 1.26 bits per heavy atom. The summed E-state index contributed by atoms with van der Waals surface area (Å²) in [5, 5.41) is 16.2. The molecule has 0 spiro atoms. The number of unbranched alkanes of at least 4 members (excludes halogenated alkanes) is 1. The van der Waals surface area contributed by atoms with Gasteiger partial charge < -0.3 is 10.4 Å². The number of fused-ring (bicyclic) bond motifs is 1. The smallest absolute Gasteiger partial charge is 0.305 e. The molecule has 0 atom stereocenters. The summed E-state index contributed by atoms with van der Waals surface area (Å²) in [5.41, 5.74) is -0.0853. The molecule has 122 valence electrons. The highest BCUT2D eigenvalue weighted by molar-refractivity contribution is 6.04. The van der Waals surface area contributed by atoms with Crippen LogP contribution in [0, 0.1) is 0 Å². The number of carboxylic acid groups (broad SMARTS) is 1. The summed E-state index contributed by atoms with van der Waals surface area (Å²) in [7, 11) is 0. The van der Waals surface area contributed by atoms with Crippen LogP contribution in [0.15, 0.2) is 29.1 Å². The largest absolute Gasteiger partial charge is 0.481 e. The number of amides is 1. The number of aliphatic carboxylic acids is 1. The highest BCUT2D eigenvalue weighted by atomic mass is 16.4. The minimum atomic E-state index is -0.990. The van der Waals surface area contributed by atoms with Gasteiger partial charge in [0.1, 0.15) is 0 Å². The number of benzene rings is 1. The van der Waals surface area contributed by atoms with Gasteiger partial charge in [0, 0.05) is 18.5 Å². The lowest BCUT2D eigenvalue weighted by atomic mass is 10.1. The van der Waals surface area contributed by atoms with Crippen molar-refractivity contribution in [3.63, 3.8) is 0 Å². The van der Waals surface area contributed by atoms with Crippen molar-refractivity contribution in [2.24, 2.45) is 0 Å². The lowest BCUT2D eigenvalue weighted by Crippen LogP contribution is -2.31. The van der Waals surface area contributed by atoms with Crippen LogP contribution in [0.2, 0.25) is 0 Å². The Balaban J connectivity index is 2.40. The van der Waals surface area contributed by atoms with Crippen LogP contribution in [0.5, 0.6) is 0 Å². The molecule has 2 aromatic rings. The van der Waals surface area contributed by atoms with Crippen molar-refractivity contribution in [3.8, 4) is 0 Å². The maximum Gasteiger partial charge on any atom is 0.305 e. The predicted octanol–water partition coefficient (Wildman–Crippen LogP) is 1.40. The molecule has 0 bridgehead atoms. The Labute approximate surface area is 132 Å². The number of rotatable bonds is 7. The van der Waals surface area contributed by atoms with Crippen molar-refractivity contribution in [2.45, 2.75) is 32.7 Å². The summed E-state index contributed by atoms with van der Waals surface area (Å²) in [6.07, 6.45) is 1.52. The molecule has 0 unspecified atom stereocenters. The van der Waals surface area contributed by atoms with Crippen LogP contribution in [0.3, 0.4) is 0 Å². The van der Waals surface area contributed by atoms with Crippen molar-refractivity contribution in [1.82, 2.24) is 15.1 Å². The molecule has 1 aromatic carbocycles. The van der Waals surface area contributed by atoms with Crippen LogP contribution in [0.25, 0.3) is 10.8 Å². The third kappa shape index (κ3) is 3.94. The first kappa shape index (κ1) is 16.7. The van der Waals surface area contributed by atoms with Gasteiger partial charge in [-0.3, -0.25) is 14.4 Å². The van der Waals surface area contributed by atoms with Crippen molar-refractivity contribution in [2.75, 3.05) is 6.54 Å². The number of carbonyl (C=O) groups is 2. The van der Waals surface area contributed by atoms with Crippen LogP contribution in [0.1, 0.15) is 36.7 Å². The lowest BCUT2D eigenvalue weighted by molar-refractivity contribution is -0.136. The number of carboxylic acids is 1. The zero-order valence-corrected chi connectivity index (χ0v) is 12.9. The van der Waals surface area contributed by atoms with E-state index in [1.807, 2.05) is 6.92 Å². The monoisotopic (exact) mass is 317 g/mol. The van der Waals surface area contributed by atoms with Crippen LogP contribution in [0.4, 0.5) is 0 Å². The van der Waals surface area contributed by atoms with Gasteiger partial charge in [-0.25, -0.2) is 4.68 Å². The Hall–Kier alpha value is -2.70. The van der Waals surface area contributed by atoms with Crippen molar-refractivity contribution < 1.29 is 14.7 Å². The van der Waals surface area contributed by atoms with Crippen LogP contribution in [-0.2, 0) is 11.3 Å². The first-order valence-corrected chi connectivity index (χ1v) is 7.54. The van der Waals surface area contributed by atoms with E-state index in [1.54, 1.807) is 24.3 Å². The summed E-state index contributed by atoms with van der Waals surface area (Å²) in [6, 6.07) is 6.80. The molecule has 2 N–H and O–H groups in total. The van der Waals surface area contributed by atoms with E-state index >= 15 is 0 Å². The Bertz CT molecular complexity index is 782. The van der Waals surface area contributed by atoms with E-state index in [4.69, 9.17) is 5.11 Å². The summed E-state index contributed by atoms with van der Waals surface area (Å²) in [4.78, 5) is 35.2. The van der Waals surface area contributed by atoms with Crippen LogP contribution in [-0.4, -0.2) is 33.3 Å². The molecule has 0 fully saturated rings. The number of hydrogen-bond donors (Lipinski definition) is 2. The van der Waals surface area contributed by atoms with E-state index in [2.05, 4.69) is 10.4 Å². The van der Waals surface area contributed by atoms with Gasteiger partial charge in [-0.1, -0.05) is 31.5 Å². The average Bonchev–Trinajstić information content (AvgIpc) is 2.54. The molecular weight excluding hydrogens is 298 g/mol. The maximum atomic E-state index is 12.4. The van der Waals surface area contributed by atoms with Gasteiger partial charge in [0.25, 0.3) is 11.5 Å². The number of carbonyl (C=O) groups excluding carboxylic acids is 1. The molecule has 0 radical (unpaired) electrons. The molecular formula is C16H19N3O4. The summed E-state index contributed by atoms with van der Waals surface area (Å²) in [5.74, 6) is -1.47. The van der Waals surface area contributed by atoms with E-state index in [9.17, 15) is 14.4 Å². The molecule has 2 rings (SSSR count). The molecule has 0 aliphatic carbocycles. The standard InChI is InChI=1S/C16H19N3O4/c1-2-3-10-19-16(23)12-7-5-4-6-11(12)14(18-19)15(22)17-9-8-13(20)21/h4-7H,2-3,8-10H2,1H3,(H,17,22)(H,20,21). The van der Waals surface area contributed by atoms with Crippen LogP contribution < -0.4 is 10.9 Å². The Morgan fingerprint density at radius 2 is 1.96 bits per heavy atom. The minimum absolute atomic E-state index is 0.0122. The van der Waals surface area contributed by atoms with Gasteiger partial charge in [0.05, 0.1) is 11.8 Å². The molecule has 0 aliphatic rings. The molecule has 0 aliphatic heterocycles. The van der Waals surface area contributed by atoms with Crippen molar-refractivity contribution >= 4 is 22.6 Å². The fourth-order valence-corrected chi connectivity index (χ4v) is 2.23. The second kappa shape index (κ2) is 7.53. The number of aromatic nitrogens is 2. The predicted molar refractivity (Wildman–Crippen MR) is 85.5 cm³/mol. The van der Waals surface area contributed by atoms with Crippen molar-refractivity contribution in [1.29, 1.82) is 0 Å².